The minimum Gasteiger partial charge on any atom is -0.327 e. The predicted octanol–water partition coefficient (Wildman–Crippen LogP) is 2.81. The standard InChI is InChI=1S/C15H17F3N4O/c1-9(10(2)19)14(23)21-12-7-20-22(8-12)13-5-3-4-11(6-13)15(16,17)18/h3-10H,19H2,1-2H3,(H,21,23). The lowest BCUT2D eigenvalue weighted by atomic mass is 10.0. The van der Waals surface area contributed by atoms with Crippen LogP contribution >= 0.6 is 0 Å². The van der Waals surface area contributed by atoms with Crippen molar-refractivity contribution in [1.82, 2.24) is 9.78 Å². The number of aromatic nitrogens is 2. The van der Waals surface area contributed by atoms with E-state index in [4.69, 9.17) is 5.73 Å². The topological polar surface area (TPSA) is 72.9 Å². The number of hydrogen-bond acceptors (Lipinski definition) is 3. The quantitative estimate of drug-likeness (QED) is 0.907. The maximum atomic E-state index is 12.7. The summed E-state index contributed by atoms with van der Waals surface area (Å²) >= 11 is 0. The molecule has 0 bridgehead atoms. The van der Waals surface area contributed by atoms with E-state index >= 15 is 0 Å². The average molecular weight is 326 g/mol. The summed E-state index contributed by atoms with van der Waals surface area (Å²) in [5.74, 6) is -0.671. The van der Waals surface area contributed by atoms with Crippen LogP contribution in [-0.4, -0.2) is 21.7 Å². The number of amides is 1. The molecule has 2 rings (SSSR count). The second-order valence-corrected chi connectivity index (χ2v) is 5.36. The number of nitrogens with one attached hydrogen (secondary N) is 1. The first-order valence-corrected chi connectivity index (χ1v) is 6.97. The van der Waals surface area contributed by atoms with Gasteiger partial charge in [0.25, 0.3) is 0 Å². The molecule has 2 unspecified atom stereocenters. The molecule has 124 valence electrons. The lowest BCUT2D eigenvalue weighted by Crippen LogP contribution is -2.34. The van der Waals surface area contributed by atoms with E-state index in [9.17, 15) is 18.0 Å². The van der Waals surface area contributed by atoms with Crippen molar-refractivity contribution in [3.05, 3.63) is 42.2 Å². The Morgan fingerprint density at radius 2 is 2.04 bits per heavy atom. The minimum absolute atomic E-state index is 0.251. The summed E-state index contributed by atoms with van der Waals surface area (Å²) in [5, 5.41) is 6.60. The van der Waals surface area contributed by atoms with Crippen molar-refractivity contribution in [2.24, 2.45) is 11.7 Å². The smallest absolute Gasteiger partial charge is 0.327 e. The molecule has 0 radical (unpaired) electrons. The second-order valence-electron chi connectivity index (χ2n) is 5.36. The van der Waals surface area contributed by atoms with Crippen LogP contribution < -0.4 is 11.1 Å². The van der Waals surface area contributed by atoms with Crippen molar-refractivity contribution in [3.8, 4) is 5.69 Å². The molecule has 1 heterocycles. The molecular formula is C15H17F3N4O. The van der Waals surface area contributed by atoms with Crippen LogP contribution in [0.25, 0.3) is 5.69 Å². The third-order valence-corrected chi connectivity index (χ3v) is 3.49. The van der Waals surface area contributed by atoms with E-state index in [1.54, 1.807) is 13.8 Å². The first kappa shape index (κ1) is 17.0. The summed E-state index contributed by atoms with van der Waals surface area (Å²) in [6.07, 6.45) is -1.61. The summed E-state index contributed by atoms with van der Waals surface area (Å²) in [7, 11) is 0. The van der Waals surface area contributed by atoms with Crippen LogP contribution in [0.1, 0.15) is 19.4 Å². The highest BCUT2D eigenvalue weighted by atomic mass is 19.4. The van der Waals surface area contributed by atoms with Gasteiger partial charge in [0.1, 0.15) is 0 Å². The molecule has 2 atom stereocenters. The molecule has 0 aliphatic heterocycles. The van der Waals surface area contributed by atoms with Crippen LogP contribution in [0.5, 0.6) is 0 Å². The van der Waals surface area contributed by atoms with Crippen LogP contribution in [0.3, 0.4) is 0 Å². The monoisotopic (exact) mass is 326 g/mol. The fourth-order valence-corrected chi connectivity index (χ4v) is 1.85. The first-order valence-electron chi connectivity index (χ1n) is 6.97. The summed E-state index contributed by atoms with van der Waals surface area (Å²) in [5.41, 5.74) is 5.53. The fraction of sp³-hybridized carbons (Fsp3) is 0.333. The molecule has 0 aliphatic carbocycles. The largest absolute Gasteiger partial charge is 0.416 e. The van der Waals surface area contributed by atoms with Gasteiger partial charge in [-0.25, -0.2) is 4.68 Å². The van der Waals surface area contributed by atoms with Crippen LogP contribution in [0, 0.1) is 5.92 Å². The molecule has 8 heteroatoms. The zero-order chi connectivity index (χ0) is 17.2. The zero-order valence-corrected chi connectivity index (χ0v) is 12.6. The average Bonchev–Trinajstić information content (AvgIpc) is 2.94. The maximum absolute atomic E-state index is 12.7. The molecule has 1 aromatic heterocycles. The van der Waals surface area contributed by atoms with Crippen molar-refractivity contribution in [3.63, 3.8) is 0 Å². The van der Waals surface area contributed by atoms with E-state index < -0.39 is 17.7 Å². The van der Waals surface area contributed by atoms with Gasteiger partial charge in [-0.15, -0.1) is 0 Å². The third-order valence-electron chi connectivity index (χ3n) is 3.49. The van der Waals surface area contributed by atoms with Gasteiger partial charge in [-0.3, -0.25) is 4.79 Å². The van der Waals surface area contributed by atoms with Gasteiger partial charge in [-0.05, 0) is 25.1 Å². The van der Waals surface area contributed by atoms with E-state index in [2.05, 4.69) is 10.4 Å². The van der Waals surface area contributed by atoms with Gasteiger partial charge in [0.15, 0.2) is 0 Å². The Kier molecular flexibility index (Phi) is 4.74. The van der Waals surface area contributed by atoms with E-state index in [1.807, 2.05) is 0 Å². The van der Waals surface area contributed by atoms with Crippen molar-refractivity contribution < 1.29 is 18.0 Å². The fourth-order valence-electron chi connectivity index (χ4n) is 1.85. The number of rotatable bonds is 4. The number of nitrogens with two attached hydrogens (primary N) is 1. The Hall–Kier alpha value is -2.35. The highest BCUT2D eigenvalue weighted by Gasteiger charge is 2.30. The third kappa shape index (κ3) is 4.10. The number of benzene rings is 1. The number of nitrogens with zero attached hydrogens (tertiary/aromatic N) is 2. The van der Waals surface area contributed by atoms with E-state index in [1.165, 1.54) is 29.2 Å². The first-order chi connectivity index (χ1) is 10.7. The van der Waals surface area contributed by atoms with Gasteiger partial charge < -0.3 is 11.1 Å². The summed E-state index contributed by atoms with van der Waals surface area (Å²) in [6, 6.07) is 4.46. The molecule has 1 aromatic carbocycles. The molecule has 23 heavy (non-hydrogen) atoms. The molecule has 0 saturated heterocycles. The van der Waals surface area contributed by atoms with Crippen molar-refractivity contribution in [2.75, 3.05) is 5.32 Å². The molecule has 5 nitrogen and oxygen atoms in total. The van der Waals surface area contributed by atoms with Crippen LogP contribution in [0.2, 0.25) is 0 Å². The van der Waals surface area contributed by atoms with Crippen molar-refractivity contribution in [2.45, 2.75) is 26.1 Å². The van der Waals surface area contributed by atoms with Gasteiger partial charge in [-0.2, -0.15) is 18.3 Å². The Bertz CT molecular complexity index is 694. The SMILES string of the molecule is CC(N)C(C)C(=O)Nc1cnn(-c2cccc(C(F)(F)F)c2)c1. The van der Waals surface area contributed by atoms with Crippen molar-refractivity contribution in [1.29, 1.82) is 0 Å². The molecule has 1 amide bonds. The molecule has 3 N–H and O–H groups in total. The summed E-state index contributed by atoms with van der Waals surface area (Å²) in [6.45, 7) is 3.41. The number of carbonyl (C=O) groups excluding carboxylic acids is 1. The number of alkyl halides is 3. The molecule has 2 aromatic rings. The van der Waals surface area contributed by atoms with Gasteiger partial charge in [0.2, 0.25) is 5.91 Å². The Morgan fingerprint density at radius 3 is 2.65 bits per heavy atom. The van der Waals surface area contributed by atoms with Crippen LogP contribution in [0.15, 0.2) is 36.7 Å². The number of carbonyl (C=O) groups is 1. The Balaban J connectivity index is 2.18. The van der Waals surface area contributed by atoms with Gasteiger partial charge in [0, 0.05) is 6.04 Å². The molecule has 0 aliphatic rings. The summed E-state index contributed by atoms with van der Waals surface area (Å²) in [4.78, 5) is 11.9. The molecule has 0 saturated carbocycles. The summed E-state index contributed by atoms with van der Waals surface area (Å²) < 4.78 is 39.4. The highest BCUT2D eigenvalue weighted by Crippen LogP contribution is 2.30. The van der Waals surface area contributed by atoms with Crippen LogP contribution in [0.4, 0.5) is 18.9 Å². The molecule has 0 fully saturated rings. The lowest BCUT2D eigenvalue weighted by Gasteiger charge is -2.14. The van der Waals surface area contributed by atoms with E-state index in [0.717, 1.165) is 12.1 Å². The van der Waals surface area contributed by atoms with Crippen molar-refractivity contribution >= 4 is 11.6 Å². The number of hydrogen-bond donors (Lipinski definition) is 2. The number of anilines is 1. The minimum atomic E-state index is -4.42. The highest BCUT2D eigenvalue weighted by molar-refractivity contribution is 5.92. The van der Waals surface area contributed by atoms with Gasteiger partial charge in [-0.1, -0.05) is 13.0 Å². The Morgan fingerprint density at radius 1 is 1.35 bits per heavy atom. The number of halogens is 3. The molecule has 0 spiro atoms. The zero-order valence-electron chi connectivity index (χ0n) is 12.6. The van der Waals surface area contributed by atoms with Gasteiger partial charge >= 0.3 is 6.18 Å². The molecular weight excluding hydrogens is 309 g/mol. The van der Waals surface area contributed by atoms with Gasteiger partial charge in [0.05, 0.1) is 35.2 Å². The Labute approximate surface area is 131 Å². The lowest BCUT2D eigenvalue weighted by molar-refractivity contribution is -0.137. The normalized spacial score (nSPS) is 14.3. The second kappa shape index (κ2) is 6.41. The maximum Gasteiger partial charge on any atom is 0.416 e. The van der Waals surface area contributed by atoms with E-state index in [0.29, 0.717) is 5.69 Å². The predicted molar refractivity (Wildman–Crippen MR) is 80.0 cm³/mol. The van der Waals surface area contributed by atoms with E-state index in [-0.39, 0.29) is 17.6 Å². The van der Waals surface area contributed by atoms with Crippen LogP contribution in [-0.2, 0) is 11.0 Å².